The molecule has 16 heavy (non-hydrogen) atoms. The molecule has 0 fully saturated rings. The number of carboxylic acid groups (broad SMARTS) is 1. The van der Waals surface area contributed by atoms with Gasteiger partial charge in [-0.1, -0.05) is 32.6 Å². The van der Waals surface area contributed by atoms with Crippen molar-refractivity contribution in [2.45, 2.75) is 64.8 Å². The van der Waals surface area contributed by atoms with Crippen LogP contribution >= 0.6 is 0 Å². The maximum Gasteiger partial charge on any atom is 0.305 e. The number of carbonyl (C=O) groups excluding carboxylic acids is 1. The van der Waals surface area contributed by atoms with Crippen molar-refractivity contribution in [2.24, 2.45) is 0 Å². The molecule has 2 N–H and O–H groups in total. The minimum absolute atomic E-state index is 0.0123. The molecule has 0 saturated heterocycles. The van der Waals surface area contributed by atoms with Gasteiger partial charge >= 0.3 is 5.97 Å². The summed E-state index contributed by atoms with van der Waals surface area (Å²) < 4.78 is 0. The van der Waals surface area contributed by atoms with Gasteiger partial charge in [0.25, 0.3) is 0 Å². The Hall–Kier alpha value is -1.06. The van der Waals surface area contributed by atoms with Gasteiger partial charge in [0.05, 0.1) is 6.42 Å². The summed E-state index contributed by atoms with van der Waals surface area (Å²) in [5.41, 5.74) is 0. The van der Waals surface area contributed by atoms with E-state index in [0.29, 0.717) is 6.42 Å². The molecule has 4 heteroatoms. The third kappa shape index (κ3) is 9.49. The van der Waals surface area contributed by atoms with Crippen molar-refractivity contribution in [1.29, 1.82) is 0 Å². The molecule has 0 saturated carbocycles. The van der Waals surface area contributed by atoms with Gasteiger partial charge in [-0.15, -0.1) is 0 Å². The quantitative estimate of drug-likeness (QED) is 0.596. The van der Waals surface area contributed by atoms with Crippen LogP contribution in [0.2, 0.25) is 0 Å². The molecule has 0 aliphatic heterocycles. The first-order chi connectivity index (χ1) is 7.56. The van der Waals surface area contributed by atoms with Crippen molar-refractivity contribution in [2.75, 3.05) is 0 Å². The predicted octanol–water partition coefficient (Wildman–Crippen LogP) is 2.33. The van der Waals surface area contributed by atoms with Crippen LogP contribution in [0.5, 0.6) is 0 Å². The first kappa shape index (κ1) is 14.9. The second-order valence-corrected chi connectivity index (χ2v) is 4.23. The summed E-state index contributed by atoms with van der Waals surface area (Å²) in [6.07, 6.45) is 6.06. The van der Waals surface area contributed by atoms with Crippen LogP contribution in [0.1, 0.15) is 58.8 Å². The SMILES string of the molecule is CCCCCCCC(=O)NC(C)CC(=O)O. The van der Waals surface area contributed by atoms with Gasteiger partial charge in [0, 0.05) is 12.5 Å². The van der Waals surface area contributed by atoms with Gasteiger partial charge in [-0.25, -0.2) is 0 Å². The average Bonchev–Trinajstić information content (AvgIpc) is 2.15. The van der Waals surface area contributed by atoms with Gasteiger partial charge in [0.1, 0.15) is 0 Å². The number of aliphatic carboxylic acids is 1. The van der Waals surface area contributed by atoms with Crippen LogP contribution in [0.15, 0.2) is 0 Å². The Morgan fingerprint density at radius 1 is 1.19 bits per heavy atom. The highest BCUT2D eigenvalue weighted by atomic mass is 16.4. The summed E-state index contributed by atoms with van der Waals surface area (Å²) in [6, 6.07) is -0.277. The number of rotatable bonds is 9. The second-order valence-electron chi connectivity index (χ2n) is 4.23. The number of hydrogen-bond donors (Lipinski definition) is 2. The van der Waals surface area contributed by atoms with Gasteiger partial charge in [-0.05, 0) is 13.3 Å². The first-order valence-electron chi connectivity index (χ1n) is 6.07. The molecule has 0 aromatic rings. The van der Waals surface area contributed by atoms with Crippen molar-refractivity contribution < 1.29 is 14.7 Å². The molecule has 4 nitrogen and oxygen atoms in total. The topological polar surface area (TPSA) is 66.4 Å². The van der Waals surface area contributed by atoms with Crippen molar-refractivity contribution in [1.82, 2.24) is 5.32 Å². The summed E-state index contributed by atoms with van der Waals surface area (Å²) in [4.78, 5) is 21.7. The number of unbranched alkanes of at least 4 members (excludes halogenated alkanes) is 4. The molecule has 0 spiro atoms. The zero-order valence-corrected chi connectivity index (χ0v) is 10.3. The smallest absolute Gasteiger partial charge is 0.305 e. The summed E-state index contributed by atoms with van der Waals surface area (Å²) in [6.45, 7) is 3.86. The van der Waals surface area contributed by atoms with E-state index in [1.165, 1.54) is 19.3 Å². The standard InChI is InChI=1S/C12H23NO3/c1-3-4-5-6-7-8-11(14)13-10(2)9-12(15)16/h10H,3-9H2,1-2H3,(H,13,14)(H,15,16). The summed E-state index contributed by atoms with van der Waals surface area (Å²) in [5, 5.41) is 11.2. The highest BCUT2D eigenvalue weighted by Gasteiger charge is 2.10. The van der Waals surface area contributed by atoms with E-state index in [0.717, 1.165) is 12.8 Å². The van der Waals surface area contributed by atoms with E-state index in [2.05, 4.69) is 12.2 Å². The molecule has 94 valence electrons. The van der Waals surface area contributed by atoms with Crippen LogP contribution in [0.4, 0.5) is 0 Å². The third-order valence-electron chi connectivity index (χ3n) is 2.40. The molecule has 1 atom stereocenters. The lowest BCUT2D eigenvalue weighted by Gasteiger charge is -2.11. The van der Waals surface area contributed by atoms with Gasteiger partial charge < -0.3 is 10.4 Å². The van der Waals surface area contributed by atoms with Crippen LogP contribution in [-0.4, -0.2) is 23.0 Å². The number of hydrogen-bond acceptors (Lipinski definition) is 2. The Bertz CT molecular complexity index is 216. The third-order valence-corrected chi connectivity index (χ3v) is 2.40. The van der Waals surface area contributed by atoms with E-state index >= 15 is 0 Å². The first-order valence-corrected chi connectivity index (χ1v) is 6.07. The fraction of sp³-hybridized carbons (Fsp3) is 0.833. The zero-order chi connectivity index (χ0) is 12.4. The van der Waals surface area contributed by atoms with E-state index in [9.17, 15) is 9.59 Å². The van der Waals surface area contributed by atoms with Gasteiger partial charge in [-0.3, -0.25) is 9.59 Å². The van der Waals surface area contributed by atoms with Gasteiger partial charge in [0.2, 0.25) is 5.91 Å². The lowest BCUT2D eigenvalue weighted by Crippen LogP contribution is -2.33. The van der Waals surface area contributed by atoms with Gasteiger partial charge in [0.15, 0.2) is 0 Å². The molecule has 0 heterocycles. The van der Waals surface area contributed by atoms with Crippen LogP contribution in [0.25, 0.3) is 0 Å². The Labute approximate surface area is 97.4 Å². The fourth-order valence-corrected chi connectivity index (χ4v) is 1.55. The number of carbonyl (C=O) groups is 2. The minimum Gasteiger partial charge on any atom is -0.481 e. The molecule has 0 bridgehead atoms. The summed E-state index contributed by atoms with van der Waals surface area (Å²) in [7, 11) is 0. The molecule has 0 aliphatic rings. The van der Waals surface area contributed by atoms with Crippen LogP contribution in [0, 0.1) is 0 Å². The Morgan fingerprint density at radius 2 is 1.81 bits per heavy atom. The minimum atomic E-state index is -0.879. The molecule has 1 amide bonds. The highest BCUT2D eigenvalue weighted by Crippen LogP contribution is 2.05. The molecule has 0 aromatic heterocycles. The molecular weight excluding hydrogens is 206 g/mol. The molecule has 0 aromatic carbocycles. The second kappa shape index (κ2) is 9.19. The highest BCUT2D eigenvalue weighted by molar-refractivity contribution is 5.77. The molecule has 1 unspecified atom stereocenters. The number of carboxylic acids is 1. The average molecular weight is 229 g/mol. The Morgan fingerprint density at radius 3 is 2.38 bits per heavy atom. The monoisotopic (exact) mass is 229 g/mol. The van der Waals surface area contributed by atoms with E-state index in [-0.39, 0.29) is 18.4 Å². The lowest BCUT2D eigenvalue weighted by molar-refractivity contribution is -0.137. The van der Waals surface area contributed by atoms with Crippen LogP contribution < -0.4 is 5.32 Å². The lowest BCUT2D eigenvalue weighted by atomic mass is 10.1. The fourth-order valence-electron chi connectivity index (χ4n) is 1.55. The van der Waals surface area contributed by atoms with E-state index in [4.69, 9.17) is 5.11 Å². The van der Waals surface area contributed by atoms with Crippen LogP contribution in [-0.2, 0) is 9.59 Å². The number of nitrogens with one attached hydrogen (secondary N) is 1. The zero-order valence-electron chi connectivity index (χ0n) is 10.3. The maximum absolute atomic E-state index is 11.4. The van der Waals surface area contributed by atoms with Crippen LogP contribution in [0.3, 0.4) is 0 Å². The molecule has 0 aliphatic carbocycles. The number of amides is 1. The molecular formula is C12H23NO3. The summed E-state index contributed by atoms with van der Waals surface area (Å²) >= 11 is 0. The van der Waals surface area contributed by atoms with Crippen molar-refractivity contribution in [3.63, 3.8) is 0 Å². The van der Waals surface area contributed by atoms with E-state index in [1.54, 1.807) is 6.92 Å². The molecule has 0 radical (unpaired) electrons. The largest absolute Gasteiger partial charge is 0.481 e. The van der Waals surface area contributed by atoms with Crippen molar-refractivity contribution in [3.05, 3.63) is 0 Å². The summed E-state index contributed by atoms with van der Waals surface area (Å²) in [5.74, 6) is -0.916. The maximum atomic E-state index is 11.4. The Balaban J connectivity index is 3.47. The van der Waals surface area contributed by atoms with E-state index in [1.807, 2.05) is 0 Å². The normalized spacial score (nSPS) is 12.1. The van der Waals surface area contributed by atoms with E-state index < -0.39 is 5.97 Å². The molecule has 0 rings (SSSR count). The van der Waals surface area contributed by atoms with Crippen molar-refractivity contribution in [3.8, 4) is 0 Å². The van der Waals surface area contributed by atoms with Gasteiger partial charge in [-0.2, -0.15) is 0 Å². The van der Waals surface area contributed by atoms with Crippen molar-refractivity contribution >= 4 is 11.9 Å². The Kier molecular flexibility index (Phi) is 8.58. The predicted molar refractivity (Wildman–Crippen MR) is 63.2 cm³/mol.